The van der Waals surface area contributed by atoms with Crippen LogP contribution in [0.3, 0.4) is 0 Å². The van der Waals surface area contributed by atoms with E-state index in [0.29, 0.717) is 29.7 Å². The zero-order valence-corrected chi connectivity index (χ0v) is 13.1. The number of benzene rings is 1. The fourth-order valence-corrected chi connectivity index (χ4v) is 2.15. The number of nitrogen functional groups attached to an aromatic ring is 1. The van der Waals surface area contributed by atoms with Crippen molar-refractivity contribution in [1.82, 2.24) is 15.0 Å². The second kappa shape index (κ2) is 6.91. The number of aromatic nitrogens is 3. The van der Waals surface area contributed by atoms with Crippen molar-refractivity contribution in [1.29, 1.82) is 0 Å². The molecular formula is C17H17FN6. The molecule has 0 radical (unpaired) electrons. The van der Waals surface area contributed by atoms with E-state index in [0.717, 1.165) is 11.1 Å². The van der Waals surface area contributed by atoms with E-state index in [-0.39, 0.29) is 5.82 Å². The van der Waals surface area contributed by atoms with Crippen molar-refractivity contribution in [3.05, 3.63) is 65.9 Å². The first-order valence-corrected chi connectivity index (χ1v) is 7.40. The molecule has 0 aliphatic carbocycles. The Hall–Kier alpha value is -3.22. The largest absolute Gasteiger partial charge is 0.393 e. The van der Waals surface area contributed by atoms with Gasteiger partial charge in [0.25, 0.3) is 0 Å². The van der Waals surface area contributed by atoms with Crippen LogP contribution in [0.25, 0.3) is 0 Å². The zero-order valence-electron chi connectivity index (χ0n) is 13.1. The summed E-state index contributed by atoms with van der Waals surface area (Å²) in [6, 6.07) is 10.0. The number of nitrogens with one attached hydrogen (secondary N) is 2. The van der Waals surface area contributed by atoms with Gasteiger partial charge in [-0.15, -0.1) is 0 Å². The maximum absolute atomic E-state index is 12.9. The molecule has 0 aliphatic rings. The maximum Gasteiger partial charge on any atom is 0.160 e. The summed E-state index contributed by atoms with van der Waals surface area (Å²) in [4.78, 5) is 12.5. The van der Waals surface area contributed by atoms with Crippen molar-refractivity contribution in [2.45, 2.75) is 13.5 Å². The molecule has 0 fully saturated rings. The predicted molar refractivity (Wildman–Crippen MR) is 92.4 cm³/mol. The molecule has 0 saturated heterocycles. The Balaban J connectivity index is 1.74. The van der Waals surface area contributed by atoms with E-state index in [2.05, 4.69) is 25.6 Å². The highest BCUT2D eigenvalue weighted by Crippen LogP contribution is 2.25. The first-order chi connectivity index (χ1) is 11.6. The van der Waals surface area contributed by atoms with Crippen molar-refractivity contribution < 1.29 is 4.39 Å². The Morgan fingerprint density at radius 2 is 1.79 bits per heavy atom. The summed E-state index contributed by atoms with van der Waals surface area (Å²) in [6.07, 6.45) is 3.13. The van der Waals surface area contributed by atoms with E-state index < -0.39 is 0 Å². The minimum absolute atomic E-state index is 0.266. The van der Waals surface area contributed by atoms with E-state index >= 15 is 0 Å². The third-order valence-electron chi connectivity index (χ3n) is 3.42. The van der Waals surface area contributed by atoms with Gasteiger partial charge in [0.1, 0.15) is 23.6 Å². The van der Waals surface area contributed by atoms with Crippen molar-refractivity contribution in [3.63, 3.8) is 0 Å². The topological polar surface area (TPSA) is 88.8 Å². The summed E-state index contributed by atoms with van der Waals surface area (Å²) in [5, 5.41) is 6.21. The van der Waals surface area contributed by atoms with Crippen LogP contribution in [0.1, 0.15) is 11.1 Å². The van der Waals surface area contributed by atoms with Crippen LogP contribution < -0.4 is 16.4 Å². The molecule has 2 heterocycles. The molecule has 2 aromatic heterocycles. The van der Waals surface area contributed by atoms with Gasteiger partial charge in [-0.25, -0.2) is 19.3 Å². The molecule has 4 N–H and O–H groups in total. The van der Waals surface area contributed by atoms with Gasteiger partial charge < -0.3 is 16.4 Å². The van der Waals surface area contributed by atoms with E-state index in [9.17, 15) is 4.39 Å². The lowest BCUT2D eigenvalue weighted by molar-refractivity contribution is 0.627. The van der Waals surface area contributed by atoms with Gasteiger partial charge in [-0.3, -0.25) is 0 Å². The molecule has 0 unspecified atom stereocenters. The first-order valence-electron chi connectivity index (χ1n) is 7.40. The molecule has 1 aromatic carbocycles. The van der Waals surface area contributed by atoms with Crippen molar-refractivity contribution in [2.24, 2.45) is 0 Å². The third kappa shape index (κ3) is 3.75. The summed E-state index contributed by atoms with van der Waals surface area (Å²) in [5.74, 6) is 1.37. The zero-order chi connectivity index (χ0) is 16.9. The standard InChI is InChI=1S/C17H17FN6/c1-11-6-7-20-14(8-11)24-17-15(19)16(22-10-23-17)21-9-12-2-4-13(18)5-3-12/h2-8,10H,9,19H2,1H3,(H2,20,21,22,23,24). The molecule has 6 nitrogen and oxygen atoms in total. The molecule has 24 heavy (non-hydrogen) atoms. The van der Waals surface area contributed by atoms with Gasteiger partial charge in [-0.05, 0) is 42.3 Å². The van der Waals surface area contributed by atoms with Crippen molar-refractivity contribution >= 4 is 23.1 Å². The van der Waals surface area contributed by atoms with Gasteiger partial charge >= 0.3 is 0 Å². The Bertz CT molecular complexity index is 835. The summed E-state index contributed by atoms with van der Waals surface area (Å²) in [6.45, 7) is 2.45. The Kier molecular flexibility index (Phi) is 4.51. The number of nitrogens with zero attached hydrogens (tertiary/aromatic N) is 3. The van der Waals surface area contributed by atoms with Crippen molar-refractivity contribution in [2.75, 3.05) is 16.4 Å². The maximum atomic E-state index is 12.9. The first kappa shape index (κ1) is 15.7. The van der Waals surface area contributed by atoms with Crippen LogP contribution in [-0.4, -0.2) is 15.0 Å². The highest BCUT2D eigenvalue weighted by molar-refractivity contribution is 5.76. The molecule has 0 bridgehead atoms. The molecule has 0 spiro atoms. The summed E-state index contributed by atoms with van der Waals surface area (Å²) < 4.78 is 12.9. The monoisotopic (exact) mass is 324 g/mol. The van der Waals surface area contributed by atoms with Gasteiger partial charge in [-0.1, -0.05) is 12.1 Å². The Morgan fingerprint density at radius 3 is 2.54 bits per heavy atom. The summed E-state index contributed by atoms with van der Waals surface area (Å²) >= 11 is 0. The average molecular weight is 324 g/mol. The molecule has 3 rings (SSSR count). The highest BCUT2D eigenvalue weighted by Gasteiger charge is 2.09. The molecule has 3 aromatic rings. The fraction of sp³-hybridized carbons (Fsp3) is 0.118. The van der Waals surface area contributed by atoms with Crippen LogP contribution in [-0.2, 0) is 6.54 Å². The molecular weight excluding hydrogens is 307 g/mol. The van der Waals surface area contributed by atoms with E-state index in [1.807, 2.05) is 19.1 Å². The molecule has 0 saturated carbocycles. The van der Waals surface area contributed by atoms with Crippen LogP contribution in [0.15, 0.2) is 48.9 Å². The van der Waals surface area contributed by atoms with E-state index in [1.165, 1.54) is 18.5 Å². The van der Waals surface area contributed by atoms with Crippen LogP contribution >= 0.6 is 0 Å². The number of anilines is 4. The van der Waals surface area contributed by atoms with E-state index in [1.54, 1.807) is 18.3 Å². The predicted octanol–water partition coefficient (Wildman–Crippen LogP) is 3.26. The lowest BCUT2D eigenvalue weighted by atomic mass is 10.2. The van der Waals surface area contributed by atoms with E-state index in [4.69, 9.17) is 5.73 Å². The van der Waals surface area contributed by atoms with Crippen LogP contribution in [0.5, 0.6) is 0 Å². The molecule has 0 amide bonds. The molecule has 7 heteroatoms. The minimum atomic E-state index is -0.266. The molecule has 122 valence electrons. The van der Waals surface area contributed by atoms with Crippen LogP contribution in [0.4, 0.5) is 27.5 Å². The van der Waals surface area contributed by atoms with Gasteiger partial charge in [-0.2, -0.15) is 0 Å². The minimum Gasteiger partial charge on any atom is -0.393 e. The number of halogens is 1. The van der Waals surface area contributed by atoms with Gasteiger partial charge in [0.2, 0.25) is 0 Å². The summed E-state index contributed by atoms with van der Waals surface area (Å²) in [7, 11) is 0. The lowest BCUT2D eigenvalue weighted by Crippen LogP contribution is -2.08. The number of pyridine rings is 1. The number of rotatable bonds is 5. The molecule has 0 aliphatic heterocycles. The Labute approximate surface area is 139 Å². The van der Waals surface area contributed by atoms with Gasteiger partial charge in [0, 0.05) is 12.7 Å². The summed E-state index contributed by atoms with van der Waals surface area (Å²) in [5.41, 5.74) is 8.51. The number of nitrogens with two attached hydrogens (primary N) is 1. The number of aryl methyl sites for hydroxylation is 1. The normalized spacial score (nSPS) is 10.4. The highest BCUT2D eigenvalue weighted by atomic mass is 19.1. The number of hydrogen-bond donors (Lipinski definition) is 3. The second-order valence-electron chi connectivity index (χ2n) is 5.31. The number of hydrogen-bond acceptors (Lipinski definition) is 6. The fourth-order valence-electron chi connectivity index (χ4n) is 2.15. The molecule has 0 atom stereocenters. The van der Waals surface area contributed by atoms with Crippen LogP contribution in [0.2, 0.25) is 0 Å². The van der Waals surface area contributed by atoms with Crippen LogP contribution in [0, 0.1) is 12.7 Å². The average Bonchev–Trinajstić information content (AvgIpc) is 2.57. The van der Waals surface area contributed by atoms with Gasteiger partial charge in [0.15, 0.2) is 11.6 Å². The Morgan fingerprint density at radius 1 is 1.04 bits per heavy atom. The quantitative estimate of drug-likeness (QED) is 0.667. The third-order valence-corrected chi connectivity index (χ3v) is 3.42. The second-order valence-corrected chi connectivity index (χ2v) is 5.31. The lowest BCUT2D eigenvalue weighted by Gasteiger charge is -2.12. The smallest absolute Gasteiger partial charge is 0.160 e. The SMILES string of the molecule is Cc1ccnc(Nc2ncnc(NCc3ccc(F)cc3)c2N)c1. The van der Waals surface area contributed by atoms with Gasteiger partial charge in [0.05, 0.1) is 0 Å². The van der Waals surface area contributed by atoms with Crippen molar-refractivity contribution in [3.8, 4) is 0 Å².